The minimum absolute atomic E-state index is 0.149. The van der Waals surface area contributed by atoms with Crippen molar-refractivity contribution in [3.05, 3.63) is 51.8 Å². The molecule has 2 heterocycles. The fourth-order valence-corrected chi connectivity index (χ4v) is 2.84. The van der Waals surface area contributed by atoms with Gasteiger partial charge in [-0.3, -0.25) is 15.2 Å². The van der Waals surface area contributed by atoms with E-state index in [0.29, 0.717) is 5.01 Å². The third-order valence-corrected chi connectivity index (χ3v) is 4.25. The summed E-state index contributed by atoms with van der Waals surface area (Å²) in [5.41, 5.74) is 1.58. The summed E-state index contributed by atoms with van der Waals surface area (Å²) in [5.74, 6) is 0.0959. The van der Waals surface area contributed by atoms with Gasteiger partial charge >= 0.3 is 0 Å². The number of nitrogens with zero attached hydrogens (tertiary/aromatic N) is 3. The molecule has 0 aliphatic carbocycles. The van der Waals surface area contributed by atoms with E-state index in [2.05, 4.69) is 25.7 Å². The lowest BCUT2D eigenvalue weighted by molar-refractivity contribution is 0.102. The highest BCUT2D eigenvalue weighted by Gasteiger charge is 2.17. The Labute approximate surface area is 151 Å². The number of alkyl halides is 2. The van der Waals surface area contributed by atoms with Crippen molar-refractivity contribution in [2.75, 3.05) is 5.32 Å². The second-order valence-electron chi connectivity index (χ2n) is 5.52. The normalized spacial score (nSPS) is 11.0. The number of halogens is 2. The van der Waals surface area contributed by atoms with Crippen molar-refractivity contribution in [3.8, 4) is 5.75 Å². The molecule has 0 atom stereocenters. The smallest absolute Gasteiger partial charge is 0.279 e. The van der Waals surface area contributed by atoms with E-state index in [1.165, 1.54) is 0 Å². The predicted octanol–water partition coefficient (Wildman–Crippen LogP) is 3.65. The number of aromatic nitrogens is 4. The van der Waals surface area contributed by atoms with Crippen molar-refractivity contribution < 1.29 is 18.3 Å². The summed E-state index contributed by atoms with van der Waals surface area (Å²) in [6, 6.07) is 6.84. The maximum Gasteiger partial charge on any atom is 0.279 e. The maximum absolute atomic E-state index is 12.5. The van der Waals surface area contributed by atoms with Crippen LogP contribution in [-0.4, -0.2) is 26.3 Å². The van der Waals surface area contributed by atoms with E-state index in [4.69, 9.17) is 4.74 Å². The number of aromatic amines is 1. The molecule has 0 spiro atoms. The maximum atomic E-state index is 12.5. The van der Waals surface area contributed by atoms with Crippen LogP contribution in [0.5, 0.6) is 5.75 Å². The molecule has 3 rings (SSSR count). The molecule has 136 valence electrons. The fourth-order valence-electron chi connectivity index (χ4n) is 2.19. The molecular weight excluding hydrogens is 364 g/mol. The molecule has 0 saturated carbocycles. The number of amides is 1. The lowest BCUT2D eigenvalue weighted by Crippen LogP contribution is -2.12. The number of aryl methyl sites for hydroxylation is 2. The molecule has 0 saturated heterocycles. The zero-order valence-electron chi connectivity index (χ0n) is 13.9. The molecular formula is C16H15F2N5O2S. The van der Waals surface area contributed by atoms with Crippen molar-refractivity contribution in [2.24, 2.45) is 0 Å². The van der Waals surface area contributed by atoms with E-state index in [1.807, 2.05) is 32.0 Å². The van der Waals surface area contributed by atoms with Crippen LogP contribution in [0.15, 0.2) is 24.3 Å². The van der Waals surface area contributed by atoms with Gasteiger partial charge in [0.05, 0.1) is 0 Å². The number of carbonyl (C=O) groups is 1. The van der Waals surface area contributed by atoms with E-state index < -0.39 is 18.0 Å². The average molecular weight is 379 g/mol. The van der Waals surface area contributed by atoms with Crippen molar-refractivity contribution >= 4 is 22.4 Å². The lowest BCUT2D eigenvalue weighted by Gasteiger charge is -2.07. The average Bonchev–Trinajstić information content (AvgIpc) is 3.23. The largest absolute Gasteiger partial charge is 0.486 e. The molecule has 10 heteroatoms. The van der Waals surface area contributed by atoms with E-state index in [-0.39, 0.29) is 17.4 Å². The van der Waals surface area contributed by atoms with Crippen LogP contribution in [0.4, 0.5) is 13.9 Å². The third kappa shape index (κ3) is 4.20. The number of nitrogens with one attached hydrogen (secondary N) is 2. The van der Waals surface area contributed by atoms with Gasteiger partial charge in [0.25, 0.3) is 12.3 Å². The van der Waals surface area contributed by atoms with Crippen LogP contribution in [0.1, 0.15) is 38.7 Å². The quantitative estimate of drug-likeness (QED) is 0.682. The molecule has 26 heavy (non-hydrogen) atoms. The topological polar surface area (TPSA) is 92.8 Å². The lowest BCUT2D eigenvalue weighted by atomic mass is 10.1. The molecule has 0 bridgehead atoms. The Morgan fingerprint density at radius 1 is 1.31 bits per heavy atom. The fraction of sp³-hybridized carbons (Fsp3) is 0.250. The van der Waals surface area contributed by atoms with Crippen LogP contribution in [0.25, 0.3) is 0 Å². The van der Waals surface area contributed by atoms with E-state index in [9.17, 15) is 13.6 Å². The molecule has 1 aromatic carbocycles. The van der Waals surface area contributed by atoms with Gasteiger partial charge in [0.1, 0.15) is 18.1 Å². The Hall–Kier alpha value is -2.88. The molecule has 1 amide bonds. The number of carbonyl (C=O) groups excluding carboxylic acids is 1. The molecule has 2 aromatic heterocycles. The minimum Gasteiger partial charge on any atom is -0.486 e. The standard InChI is InChI=1S/C16H15F2N5O2S/c1-8-3-4-12(9(2)5-8)25-7-13-22-23-16(26-13)19-15(24)11-6-10(14(17)18)20-21-11/h3-6,14H,7H2,1-2H3,(H,20,21)(H,19,23,24). The molecule has 0 aliphatic rings. The summed E-state index contributed by atoms with van der Waals surface area (Å²) in [7, 11) is 0. The summed E-state index contributed by atoms with van der Waals surface area (Å²) in [6.45, 7) is 4.15. The second kappa shape index (κ2) is 7.56. The number of rotatable bonds is 6. The number of hydrogen-bond acceptors (Lipinski definition) is 6. The van der Waals surface area contributed by atoms with Crippen molar-refractivity contribution in [3.63, 3.8) is 0 Å². The minimum atomic E-state index is -2.72. The first-order valence-electron chi connectivity index (χ1n) is 7.59. The highest BCUT2D eigenvalue weighted by Crippen LogP contribution is 2.22. The SMILES string of the molecule is Cc1ccc(OCc2nnc(NC(=O)c3cc(C(F)F)[nH]n3)s2)c(C)c1. The van der Waals surface area contributed by atoms with Gasteiger partial charge in [-0.2, -0.15) is 5.10 Å². The van der Waals surface area contributed by atoms with Crippen molar-refractivity contribution in [1.29, 1.82) is 0 Å². The van der Waals surface area contributed by atoms with Gasteiger partial charge in [-0.05, 0) is 31.5 Å². The molecule has 3 aromatic rings. The van der Waals surface area contributed by atoms with Gasteiger partial charge in [0, 0.05) is 0 Å². The first-order valence-corrected chi connectivity index (χ1v) is 8.41. The third-order valence-electron chi connectivity index (χ3n) is 3.43. The summed E-state index contributed by atoms with van der Waals surface area (Å²) >= 11 is 1.13. The molecule has 0 radical (unpaired) electrons. The molecule has 0 fully saturated rings. The summed E-state index contributed by atoms with van der Waals surface area (Å²) in [6.07, 6.45) is -2.72. The second-order valence-corrected chi connectivity index (χ2v) is 6.58. The number of anilines is 1. The Balaban J connectivity index is 1.59. The highest BCUT2D eigenvalue weighted by molar-refractivity contribution is 7.15. The van der Waals surface area contributed by atoms with Crippen molar-refractivity contribution in [2.45, 2.75) is 26.9 Å². The first-order chi connectivity index (χ1) is 12.4. The van der Waals surface area contributed by atoms with Crippen LogP contribution in [0.2, 0.25) is 0 Å². The summed E-state index contributed by atoms with van der Waals surface area (Å²) in [5, 5.41) is 16.7. The first kappa shape index (κ1) is 17.9. The van der Waals surface area contributed by atoms with Gasteiger partial charge < -0.3 is 4.74 Å². The Bertz CT molecular complexity index is 925. The van der Waals surface area contributed by atoms with Gasteiger partial charge in [-0.25, -0.2) is 8.78 Å². The van der Waals surface area contributed by atoms with Crippen LogP contribution < -0.4 is 10.1 Å². The predicted molar refractivity (Wildman–Crippen MR) is 91.7 cm³/mol. The summed E-state index contributed by atoms with van der Waals surface area (Å²) < 4.78 is 30.7. The van der Waals surface area contributed by atoms with Gasteiger partial charge in [0.15, 0.2) is 10.7 Å². The van der Waals surface area contributed by atoms with Crippen LogP contribution in [0.3, 0.4) is 0 Å². The van der Waals surface area contributed by atoms with Gasteiger partial charge in [0.2, 0.25) is 5.13 Å². The Morgan fingerprint density at radius 3 is 2.81 bits per heavy atom. The number of benzene rings is 1. The van der Waals surface area contributed by atoms with Crippen LogP contribution >= 0.6 is 11.3 Å². The van der Waals surface area contributed by atoms with E-state index in [0.717, 1.165) is 34.3 Å². The van der Waals surface area contributed by atoms with E-state index in [1.54, 1.807) is 0 Å². The monoisotopic (exact) mass is 379 g/mol. The molecule has 2 N–H and O–H groups in total. The number of ether oxygens (including phenoxy) is 1. The number of hydrogen-bond donors (Lipinski definition) is 2. The van der Waals surface area contributed by atoms with Crippen LogP contribution in [-0.2, 0) is 6.61 Å². The van der Waals surface area contributed by atoms with E-state index >= 15 is 0 Å². The van der Waals surface area contributed by atoms with Crippen molar-refractivity contribution in [1.82, 2.24) is 20.4 Å². The Morgan fingerprint density at radius 2 is 2.12 bits per heavy atom. The number of H-pyrrole nitrogens is 1. The van der Waals surface area contributed by atoms with Gasteiger partial charge in [-0.1, -0.05) is 29.0 Å². The molecule has 7 nitrogen and oxygen atoms in total. The Kier molecular flexibility index (Phi) is 5.21. The summed E-state index contributed by atoms with van der Waals surface area (Å²) in [4.78, 5) is 12.0. The molecule has 0 aliphatic heterocycles. The highest BCUT2D eigenvalue weighted by atomic mass is 32.1. The molecule has 0 unspecified atom stereocenters. The zero-order valence-corrected chi connectivity index (χ0v) is 14.7. The zero-order chi connectivity index (χ0) is 18.7. The van der Waals surface area contributed by atoms with Crippen LogP contribution in [0, 0.1) is 13.8 Å². The van der Waals surface area contributed by atoms with Gasteiger partial charge in [-0.15, -0.1) is 10.2 Å².